The molecule has 4 heteroatoms. The Bertz CT molecular complexity index is 445. The van der Waals surface area contributed by atoms with Gasteiger partial charge < -0.3 is 15.7 Å². The Kier molecular flexibility index (Phi) is 6.05. The number of hydrogen-bond acceptors (Lipinski definition) is 2. The first-order valence-corrected chi connectivity index (χ1v) is 7.90. The summed E-state index contributed by atoms with van der Waals surface area (Å²) in [5.74, 6) is 0.210. The fraction of sp³-hybridized carbons (Fsp3) is 0.588. The average Bonchev–Trinajstić information content (AvgIpc) is 2.50. The molecule has 2 amide bonds. The van der Waals surface area contributed by atoms with E-state index in [1.165, 1.54) is 11.1 Å². The lowest BCUT2D eigenvalue weighted by Gasteiger charge is -2.30. The number of aryl methyl sites for hydroxylation is 1. The van der Waals surface area contributed by atoms with Gasteiger partial charge in [-0.05, 0) is 31.7 Å². The molecule has 1 aromatic carbocycles. The van der Waals surface area contributed by atoms with Crippen molar-refractivity contribution in [1.82, 2.24) is 10.6 Å². The predicted octanol–water partition coefficient (Wildman–Crippen LogP) is 2.39. The summed E-state index contributed by atoms with van der Waals surface area (Å²) in [6.45, 7) is 2.86. The summed E-state index contributed by atoms with van der Waals surface area (Å²) in [5, 5.41) is 15.3. The number of nitrogens with one attached hydrogen (secondary N) is 2. The number of aliphatic hydroxyl groups is 1. The molecule has 2 rings (SSSR count). The Labute approximate surface area is 126 Å². The highest BCUT2D eigenvalue weighted by Crippen LogP contribution is 2.23. The molecule has 0 saturated heterocycles. The van der Waals surface area contributed by atoms with Crippen LogP contribution in [0.25, 0.3) is 0 Å². The van der Waals surface area contributed by atoms with E-state index in [0.717, 1.165) is 32.1 Å². The van der Waals surface area contributed by atoms with E-state index in [4.69, 9.17) is 0 Å². The summed E-state index contributed by atoms with van der Waals surface area (Å²) >= 11 is 0. The van der Waals surface area contributed by atoms with E-state index in [1.807, 2.05) is 0 Å². The van der Waals surface area contributed by atoms with Crippen LogP contribution in [0.1, 0.15) is 36.8 Å². The Hall–Kier alpha value is -1.55. The molecule has 2 unspecified atom stereocenters. The van der Waals surface area contributed by atoms with Crippen LogP contribution in [0.5, 0.6) is 0 Å². The van der Waals surface area contributed by atoms with Crippen molar-refractivity contribution in [3.63, 3.8) is 0 Å². The Morgan fingerprint density at radius 2 is 1.95 bits per heavy atom. The fourth-order valence-corrected chi connectivity index (χ4v) is 2.91. The highest BCUT2D eigenvalue weighted by molar-refractivity contribution is 5.74. The second-order valence-electron chi connectivity index (χ2n) is 5.97. The molecule has 1 aromatic rings. The number of amides is 2. The molecule has 0 bridgehead atoms. The normalized spacial score (nSPS) is 21.8. The van der Waals surface area contributed by atoms with Crippen molar-refractivity contribution in [3.8, 4) is 0 Å². The molecule has 0 aliphatic heterocycles. The van der Waals surface area contributed by atoms with Gasteiger partial charge in [0.05, 0.1) is 0 Å². The molecular weight excluding hydrogens is 264 g/mol. The van der Waals surface area contributed by atoms with Crippen LogP contribution >= 0.6 is 0 Å². The van der Waals surface area contributed by atoms with Crippen LogP contribution in [0.15, 0.2) is 24.3 Å². The topological polar surface area (TPSA) is 61.4 Å². The van der Waals surface area contributed by atoms with E-state index in [2.05, 4.69) is 41.8 Å². The first-order valence-electron chi connectivity index (χ1n) is 7.90. The quantitative estimate of drug-likeness (QED) is 0.780. The van der Waals surface area contributed by atoms with E-state index in [0.29, 0.717) is 6.54 Å². The molecular formula is C17H26N2O2. The standard InChI is InChI=1S/C17H26N2O2/c1-13-6-8-14(9-7-13)10-11-18-17(21)19-16-5-3-2-4-15(16)12-20/h6-9,15-16,20H,2-5,10-12H2,1H3,(H2,18,19,21). The Morgan fingerprint density at radius 3 is 2.67 bits per heavy atom. The third-order valence-corrected chi connectivity index (χ3v) is 4.28. The molecule has 1 aliphatic carbocycles. The maximum atomic E-state index is 11.9. The number of carbonyl (C=O) groups is 1. The van der Waals surface area contributed by atoms with Crippen molar-refractivity contribution < 1.29 is 9.90 Å². The highest BCUT2D eigenvalue weighted by Gasteiger charge is 2.25. The smallest absolute Gasteiger partial charge is 0.315 e. The summed E-state index contributed by atoms with van der Waals surface area (Å²) in [5.41, 5.74) is 2.48. The molecule has 0 radical (unpaired) electrons. The maximum absolute atomic E-state index is 11.9. The SMILES string of the molecule is Cc1ccc(CCNC(=O)NC2CCCCC2CO)cc1. The molecule has 1 saturated carbocycles. The minimum absolute atomic E-state index is 0.114. The number of rotatable bonds is 5. The van der Waals surface area contributed by atoms with Gasteiger partial charge in [0.1, 0.15) is 0 Å². The van der Waals surface area contributed by atoms with Gasteiger partial charge in [-0.2, -0.15) is 0 Å². The summed E-state index contributed by atoms with van der Waals surface area (Å²) in [7, 11) is 0. The number of hydrogen-bond donors (Lipinski definition) is 3. The molecule has 4 nitrogen and oxygen atoms in total. The van der Waals surface area contributed by atoms with Crippen molar-refractivity contribution >= 4 is 6.03 Å². The zero-order valence-electron chi connectivity index (χ0n) is 12.8. The molecule has 0 aromatic heterocycles. The average molecular weight is 290 g/mol. The van der Waals surface area contributed by atoms with Gasteiger partial charge >= 0.3 is 6.03 Å². The fourth-order valence-electron chi connectivity index (χ4n) is 2.91. The second kappa shape index (κ2) is 8.03. The molecule has 0 heterocycles. The largest absolute Gasteiger partial charge is 0.396 e. The summed E-state index contributed by atoms with van der Waals surface area (Å²) in [6.07, 6.45) is 5.09. The molecule has 1 fully saturated rings. The Morgan fingerprint density at radius 1 is 1.24 bits per heavy atom. The van der Waals surface area contributed by atoms with Gasteiger partial charge in [-0.25, -0.2) is 4.79 Å². The van der Waals surface area contributed by atoms with Gasteiger partial charge in [0, 0.05) is 25.1 Å². The van der Waals surface area contributed by atoms with E-state index in [9.17, 15) is 9.90 Å². The van der Waals surface area contributed by atoms with Crippen LogP contribution in [-0.4, -0.2) is 30.3 Å². The molecule has 21 heavy (non-hydrogen) atoms. The maximum Gasteiger partial charge on any atom is 0.315 e. The van der Waals surface area contributed by atoms with Gasteiger partial charge in [0.15, 0.2) is 0 Å². The van der Waals surface area contributed by atoms with Crippen LogP contribution in [0.2, 0.25) is 0 Å². The zero-order chi connectivity index (χ0) is 15.1. The van der Waals surface area contributed by atoms with Gasteiger partial charge in [-0.3, -0.25) is 0 Å². The number of urea groups is 1. The van der Waals surface area contributed by atoms with Crippen molar-refractivity contribution in [1.29, 1.82) is 0 Å². The van der Waals surface area contributed by atoms with Crippen molar-refractivity contribution in [3.05, 3.63) is 35.4 Å². The van der Waals surface area contributed by atoms with Gasteiger partial charge in [0.2, 0.25) is 0 Å². The van der Waals surface area contributed by atoms with E-state index >= 15 is 0 Å². The minimum atomic E-state index is -0.118. The van der Waals surface area contributed by atoms with E-state index in [1.54, 1.807) is 0 Å². The Balaban J connectivity index is 1.70. The lowest BCUT2D eigenvalue weighted by atomic mass is 9.85. The molecule has 3 N–H and O–H groups in total. The first-order chi connectivity index (χ1) is 10.2. The van der Waals surface area contributed by atoms with Gasteiger partial charge in [-0.1, -0.05) is 42.7 Å². The third kappa shape index (κ3) is 5.05. The summed E-state index contributed by atoms with van der Waals surface area (Å²) in [6, 6.07) is 8.36. The predicted molar refractivity (Wildman–Crippen MR) is 84.2 cm³/mol. The van der Waals surface area contributed by atoms with Crippen LogP contribution in [0, 0.1) is 12.8 Å². The number of aliphatic hydroxyl groups excluding tert-OH is 1. The minimum Gasteiger partial charge on any atom is -0.396 e. The van der Waals surface area contributed by atoms with Gasteiger partial charge in [-0.15, -0.1) is 0 Å². The van der Waals surface area contributed by atoms with E-state index in [-0.39, 0.29) is 24.6 Å². The van der Waals surface area contributed by atoms with E-state index < -0.39 is 0 Å². The molecule has 116 valence electrons. The molecule has 2 atom stereocenters. The summed E-state index contributed by atoms with van der Waals surface area (Å²) in [4.78, 5) is 11.9. The lowest BCUT2D eigenvalue weighted by Crippen LogP contribution is -2.48. The van der Waals surface area contributed by atoms with Crippen LogP contribution in [0.4, 0.5) is 4.79 Å². The zero-order valence-corrected chi connectivity index (χ0v) is 12.8. The van der Waals surface area contributed by atoms with Crippen LogP contribution < -0.4 is 10.6 Å². The van der Waals surface area contributed by atoms with Crippen molar-refractivity contribution in [2.45, 2.75) is 45.1 Å². The van der Waals surface area contributed by atoms with Gasteiger partial charge in [0.25, 0.3) is 0 Å². The highest BCUT2D eigenvalue weighted by atomic mass is 16.3. The number of carbonyl (C=O) groups excluding carboxylic acids is 1. The van der Waals surface area contributed by atoms with Crippen molar-refractivity contribution in [2.75, 3.05) is 13.2 Å². The molecule has 0 spiro atoms. The monoisotopic (exact) mass is 290 g/mol. The number of benzene rings is 1. The first kappa shape index (κ1) is 15.8. The van der Waals surface area contributed by atoms with Crippen LogP contribution in [-0.2, 0) is 6.42 Å². The lowest BCUT2D eigenvalue weighted by molar-refractivity contribution is 0.154. The van der Waals surface area contributed by atoms with Crippen molar-refractivity contribution in [2.24, 2.45) is 5.92 Å². The molecule has 1 aliphatic rings. The van der Waals surface area contributed by atoms with Crippen LogP contribution in [0.3, 0.4) is 0 Å². The summed E-state index contributed by atoms with van der Waals surface area (Å²) < 4.78 is 0. The third-order valence-electron chi connectivity index (χ3n) is 4.28. The second-order valence-corrected chi connectivity index (χ2v) is 5.97.